The lowest BCUT2D eigenvalue weighted by Crippen LogP contribution is -2.12. The summed E-state index contributed by atoms with van der Waals surface area (Å²) in [5.41, 5.74) is 2.59. The average Bonchev–Trinajstić information content (AvgIpc) is 2.70. The van der Waals surface area contributed by atoms with E-state index in [1.54, 1.807) is 18.2 Å². The molecule has 150 valence electrons. The molecule has 0 atom stereocenters. The molecule has 0 unspecified atom stereocenters. The molecule has 2 aromatic rings. The molecule has 0 amide bonds. The minimum absolute atomic E-state index is 0.329. The van der Waals surface area contributed by atoms with Crippen LogP contribution in [0, 0.1) is 13.8 Å². The predicted molar refractivity (Wildman–Crippen MR) is 111 cm³/mol. The summed E-state index contributed by atoms with van der Waals surface area (Å²) in [6, 6.07) is 12.2. The van der Waals surface area contributed by atoms with Gasteiger partial charge < -0.3 is 9.47 Å². The van der Waals surface area contributed by atoms with Gasteiger partial charge in [0.2, 0.25) is 0 Å². The summed E-state index contributed by atoms with van der Waals surface area (Å²) < 4.78 is 10.8. The minimum Gasteiger partial charge on any atom is -0.462 e. The highest BCUT2D eigenvalue weighted by atomic mass is 16.5. The topological polar surface area (TPSA) is 52.6 Å². The van der Waals surface area contributed by atoms with Gasteiger partial charge in [-0.25, -0.2) is 9.59 Å². The van der Waals surface area contributed by atoms with Crippen LogP contribution in [0.2, 0.25) is 0 Å². The zero-order valence-corrected chi connectivity index (χ0v) is 17.1. The molecule has 0 saturated carbocycles. The number of benzene rings is 2. The largest absolute Gasteiger partial charge is 0.462 e. The highest BCUT2D eigenvalue weighted by Gasteiger charge is 2.14. The lowest BCUT2D eigenvalue weighted by atomic mass is 10.1. The summed E-state index contributed by atoms with van der Waals surface area (Å²) >= 11 is 0. The minimum atomic E-state index is -0.487. The molecule has 0 radical (unpaired) electrons. The van der Waals surface area contributed by atoms with Crippen molar-refractivity contribution in [2.24, 2.45) is 0 Å². The van der Waals surface area contributed by atoms with Crippen LogP contribution in [0.15, 0.2) is 42.5 Å². The first-order chi connectivity index (χ1) is 13.5. The molecule has 0 N–H and O–H groups in total. The second-order valence-corrected chi connectivity index (χ2v) is 7.14. The molecule has 0 aromatic heterocycles. The Kier molecular flexibility index (Phi) is 8.73. The number of unbranched alkanes of at least 4 members (excludes halogenated alkanes) is 5. The number of hydrogen-bond donors (Lipinski definition) is 0. The molecule has 0 bridgehead atoms. The molecule has 28 heavy (non-hydrogen) atoms. The fourth-order valence-electron chi connectivity index (χ4n) is 2.88. The van der Waals surface area contributed by atoms with E-state index in [9.17, 15) is 9.59 Å². The van der Waals surface area contributed by atoms with Crippen molar-refractivity contribution < 1.29 is 19.1 Å². The highest BCUT2D eigenvalue weighted by molar-refractivity contribution is 5.96. The Labute approximate surface area is 167 Å². The SMILES string of the molecule is CCCCCCCCOC(=O)c1cccc(C(=O)Oc2cc(C)ccc2C)c1. The molecule has 0 saturated heterocycles. The van der Waals surface area contributed by atoms with E-state index in [2.05, 4.69) is 6.92 Å². The van der Waals surface area contributed by atoms with Crippen molar-refractivity contribution in [2.45, 2.75) is 59.3 Å². The maximum Gasteiger partial charge on any atom is 0.343 e. The van der Waals surface area contributed by atoms with Gasteiger partial charge in [0.25, 0.3) is 0 Å². The van der Waals surface area contributed by atoms with Crippen LogP contribution in [0.5, 0.6) is 5.75 Å². The zero-order chi connectivity index (χ0) is 20.4. The third-order valence-electron chi connectivity index (χ3n) is 4.61. The molecule has 0 aliphatic carbocycles. The van der Waals surface area contributed by atoms with E-state index >= 15 is 0 Å². The Balaban J connectivity index is 1.89. The second kappa shape index (κ2) is 11.3. The summed E-state index contributed by atoms with van der Waals surface area (Å²) in [5, 5.41) is 0. The molecule has 0 spiro atoms. The molecular weight excluding hydrogens is 352 g/mol. The smallest absolute Gasteiger partial charge is 0.343 e. The van der Waals surface area contributed by atoms with Crippen LogP contribution in [-0.4, -0.2) is 18.5 Å². The van der Waals surface area contributed by atoms with E-state index in [0.29, 0.717) is 23.5 Å². The molecule has 4 heteroatoms. The summed E-state index contributed by atoms with van der Waals surface area (Å²) in [6.45, 7) is 6.42. The fraction of sp³-hybridized carbons (Fsp3) is 0.417. The number of rotatable bonds is 10. The molecule has 2 rings (SSSR count). The normalized spacial score (nSPS) is 10.5. The van der Waals surface area contributed by atoms with Gasteiger partial charge in [-0.3, -0.25) is 0 Å². The van der Waals surface area contributed by atoms with Crippen molar-refractivity contribution >= 4 is 11.9 Å². The van der Waals surface area contributed by atoms with Gasteiger partial charge in [0.05, 0.1) is 17.7 Å². The third kappa shape index (κ3) is 6.84. The van der Waals surface area contributed by atoms with Gasteiger partial charge >= 0.3 is 11.9 Å². The van der Waals surface area contributed by atoms with Crippen molar-refractivity contribution in [3.05, 3.63) is 64.7 Å². The maximum atomic E-state index is 12.5. The molecule has 0 aliphatic heterocycles. The molecule has 0 fully saturated rings. The molecular formula is C24H30O4. The van der Waals surface area contributed by atoms with Crippen LogP contribution in [0.25, 0.3) is 0 Å². The zero-order valence-electron chi connectivity index (χ0n) is 17.1. The average molecular weight is 383 g/mol. The van der Waals surface area contributed by atoms with Crippen LogP contribution in [-0.2, 0) is 4.74 Å². The van der Waals surface area contributed by atoms with Gasteiger partial charge in [0.15, 0.2) is 0 Å². The number of carbonyl (C=O) groups excluding carboxylic acids is 2. The summed E-state index contributed by atoms with van der Waals surface area (Å²) in [5.74, 6) is -0.365. The van der Waals surface area contributed by atoms with Gasteiger partial charge in [-0.15, -0.1) is 0 Å². The van der Waals surface area contributed by atoms with E-state index in [1.165, 1.54) is 31.7 Å². The van der Waals surface area contributed by atoms with Crippen molar-refractivity contribution in [1.29, 1.82) is 0 Å². The summed E-state index contributed by atoms with van der Waals surface area (Å²) in [4.78, 5) is 24.7. The summed E-state index contributed by atoms with van der Waals surface area (Å²) in [6.07, 6.45) is 6.81. The van der Waals surface area contributed by atoms with Crippen molar-refractivity contribution in [1.82, 2.24) is 0 Å². The van der Waals surface area contributed by atoms with Gasteiger partial charge in [0.1, 0.15) is 5.75 Å². The van der Waals surface area contributed by atoms with Crippen LogP contribution in [0.4, 0.5) is 0 Å². The van der Waals surface area contributed by atoms with Crippen LogP contribution < -0.4 is 4.74 Å². The van der Waals surface area contributed by atoms with E-state index < -0.39 is 11.9 Å². The van der Waals surface area contributed by atoms with Crippen molar-refractivity contribution in [3.63, 3.8) is 0 Å². The monoisotopic (exact) mass is 382 g/mol. The van der Waals surface area contributed by atoms with Crippen LogP contribution in [0.1, 0.15) is 77.3 Å². The predicted octanol–water partition coefficient (Wildman–Crippen LogP) is 6.04. The Morgan fingerprint density at radius 2 is 1.50 bits per heavy atom. The third-order valence-corrected chi connectivity index (χ3v) is 4.61. The quantitative estimate of drug-likeness (QED) is 0.285. The first-order valence-corrected chi connectivity index (χ1v) is 10.1. The van der Waals surface area contributed by atoms with Gasteiger partial charge in [-0.2, -0.15) is 0 Å². The highest BCUT2D eigenvalue weighted by Crippen LogP contribution is 2.21. The Morgan fingerprint density at radius 1 is 0.821 bits per heavy atom. The van der Waals surface area contributed by atoms with Gasteiger partial charge in [0, 0.05) is 0 Å². The van der Waals surface area contributed by atoms with E-state index in [0.717, 1.165) is 24.0 Å². The molecule has 4 nitrogen and oxygen atoms in total. The number of esters is 2. The van der Waals surface area contributed by atoms with E-state index in [4.69, 9.17) is 9.47 Å². The molecule has 0 aliphatic rings. The second-order valence-electron chi connectivity index (χ2n) is 7.14. The van der Waals surface area contributed by atoms with E-state index in [1.807, 2.05) is 32.0 Å². The van der Waals surface area contributed by atoms with Crippen molar-refractivity contribution in [2.75, 3.05) is 6.61 Å². The first-order valence-electron chi connectivity index (χ1n) is 10.1. The molecule has 0 heterocycles. The van der Waals surface area contributed by atoms with Crippen molar-refractivity contribution in [3.8, 4) is 5.75 Å². The first kappa shape index (κ1) is 21.7. The summed E-state index contributed by atoms with van der Waals surface area (Å²) in [7, 11) is 0. The van der Waals surface area contributed by atoms with Crippen LogP contribution >= 0.6 is 0 Å². The number of hydrogen-bond acceptors (Lipinski definition) is 4. The lowest BCUT2D eigenvalue weighted by molar-refractivity contribution is 0.0497. The van der Waals surface area contributed by atoms with E-state index in [-0.39, 0.29) is 0 Å². The Morgan fingerprint density at radius 3 is 2.25 bits per heavy atom. The molecule has 2 aromatic carbocycles. The van der Waals surface area contributed by atoms with Gasteiger partial charge in [-0.1, -0.05) is 57.2 Å². The van der Waals surface area contributed by atoms with Crippen LogP contribution in [0.3, 0.4) is 0 Å². The maximum absolute atomic E-state index is 12.5. The standard InChI is InChI=1S/C24H30O4/c1-4-5-6-7-8-9-15-27-23(25)20-11-10-12-21(17-20)24(26)28-22-16-18(2)13-14-19(22)3/h10-14,16-17H,4-9,15H2,1-3H3. The number of aryl methyl sites for hydroxylation is 2. The number of ether oxygens (including phenoxy) is 2. The number of carbonyl (C=O) groups is 2. The Hall–Kier alpha value is -2.62. The van der Waals surface area contributed by atoms with Gasteiger partial charge in [-0.05, 0) is 55.7 Å². The lowest BCUT2D eigenvalue weighted by Gasteiger charge is -2.09. The Bertz CT molecular complexity index is 795. The fourth-order valence-corrected chi connectivity index (χ4v) is 2.88.